The van der Waals surface area contributed by atoms with Gasteiger partial charge in [0.15, 0.2) is 0 Å². The monoisotopic (exact) mass is 380 g/mol. The summed E-state index contributed by atoms with van der Waals surface area (Å²) in [5.74, 6) is -1.58. The van der Waals surface area contributed by atoms with E-state index in [1.54, 1.807) is 12.3 Å². The highest BCUT2D eigenvalue weighted by Gasteiger charge is 2.59. The minimum Gasteiger partial charge on any atom is -0.372 e. The number of nitrogens with one attached hydrogen (secondary N) is 1. The summed E-state index contributed by atoms with van der Waals surface area (Å²) in [7, 11) is 0. The van der Waals surface area contributed by atoms with Crippen molar-refractivity contribution < 1.29 is 23.1 Å². The summed E-state index contributed by atoms with van der Waals surface area (Å²) in [6.45, 7) is 0. The average molecular weight is 380 g/mol. The number of carbonyl (C=O) groups is 1. The molecule has 1 atom stereocenters. The van der Waals surface area contributed by atoms with Crippen molar-refractivity contribution in [1.29, 1.82) is 5.26 Å². The Balaban J connectivity index is 2.32. The predicted molar refractivity (Wildman–Crippen MR) is 92.7 cm³/mol. The van der Waals surface area contributed by atoms with E-state index in [9.17, 15) is 23.1 Å². The van der Waals surface area contributed by atoms with Crippen LogP contribution in [0.4, 0.5) is 18.9 Å². The zero-order valence-corrected chi connectivity index (χ0v) is 14.5. The molecule has 0 aliphatic heterocycles. The number of hydrogen-bond acceptors (Lipinski definition) is 4. The third-order valence-corrected chi connectivity index (χ3v) is 4.50. The number of nitrogens with zero attached hydrogens (tertiary/aromatic N) is 1. The molecule has 0 saturated carbocycles. The van der Waals surface area contributed by atoms with Gasteiger partial charge in [-0.05, 0) is 30.0 Å². The maximum Gasteiger partial charge on any atom is 0.426 e. The van der Waals surface area contributed by atoms with Gasteiger partial charge in [0.2, 0.25) is 5.60 Å². The normalized spacial score (nSPS) is 13.5. The number of benzene rings is 2. The molecule has 1 amide bonds. The number of rotatable bonds is 5. The molecule has 1 unspecified atom stereocenters. The first-order chi connectivity index (χ1) is 12.2. The summed E-state index contributed by atoms with van der Waals surface area (Å²) < 4.78 is 40.3. The van der Waals surface area contributed by atoms with E-state index in [1.807, 2.05) is 6.07 Å². The van der Waals surface area contributed by atoms with Crippen LogP contribution >= 0.6 is 11.8 Å². The van der Waals surface area contributed by atoms with E-state index in [4.69, 9.17) is 5.26 Å². The third kappa shape index (κ3) is 4.18. The molecule has 0 bridgehead atoms. The molecule has 0 fully saturated rings. The minimum atomic E-state index is -5.16. The number of hydrogen-bond donors (Lipinski definition) is 2. The zero-order chi connectivity index (χ0) is 19.4. The highest BCUT2D eigenvalue weighted by Crippen LogP contribution is 2.35. The number of nitriles is 1. The summed E-state index contributed by atoms with van der Waals surface area (Å²) in [6.07, 6.45) is -4.38. The van der Waals surface area contributed by atoms with Gasteiger partial charge in [-0.2, -0.15) is 18.4 Å². The number of amides is 1. The molecule has 2 rings (SSSR count). The lowest BCUT2D eigenvalue weighted by Crippen LogP contribution is -2.56. The van der Waals surface area contributed by atoms with E-state index in [-0.39, 0.29) is 11.3 Å². The van der Waals surface area contributed by atoms with Crippen molar-refractivity contribution in [3.63, 3.8) is 0 Å². The van der Waals surface area contributed by atoms with Crippen LogP contribution in [0.2, 0.25) is 0 Å². The molecule has 136 valence electrons. The number of carbonyl (C=O) groups excluding carboxylic acids is 1. The zero-order valence-electron chi connectivity index (χ0n) is 13.7. The van der Waals surface area contributed by atoms with Gasteiger partial charge in [0, 0.05) is 17.0 Å². The lowest BCUT2D eigenvalue weighted by Gasteiger charge is -2.29. The van der Waals surface area contributed by atoms with Crippen molar-refractivity contribution in [3.05, 3.63) is 59.7 Å². The Morgan fingerprint density at radius 1 is 1.23 bits per heavy atom. The van der Waals surface area contributed by atoms with Crippen LogP contribution in [0, 0.1) is 11.3 Å². The largest absolute Gasteiger partial charge is 0.426 e. The Bertz CT molecular complexity index is 835. The number of halogens is 3. The fourth-order valence-electron chi connectivity index (χ4n) is 2.30. The maximum absolute atomic E-state index is 13.4. The molecule has 2 N–H and O–H groups in total. The molecule has 0 heterocycles. The fraction of sp³-hybridized carbons (Fsp3) is 0.222. The summed E-state index contributed by atoms with van der Waals surface area (Å²) >= 11 is 1.22. The van der Waals surface area contributed by atoms with Gasteiger partial charge in [-0.1, -0.05) is 30.3 Å². The Labute approximate surface area is 152 Å². The van der Waals surface area contributed by atoms with Crippen LogP contribution in [0.15, 0.2) is 53.4 Å². The summed E-state index contributed by atoms with van der Waals surface area (Å²) in [5, 5.41) is 21.3. The van der Waals surface area contributed by atoms with Crippen LogP contribution in [-0.2, 0) is 11.2 Å². The predicted octanol–water partition coefficient (Wildman–Crippen LogP) is 3.75. The van der Waals surface area contributed by atoms with Crippen molar-refractivity contribution in [2.45, 2.75) is 23.1 Å². The number of aliphatic hydroxyl groups is 1. The summed E-state index contributed by atoms with van der Waals surface area (Å²) in [6, 6.07) is 13.5. The third-order valence-electron chi connectivity index (χ3n) is 3.73. The van der Waals surface area contributed by atoms with Crippen molar-refractivity contribution >= 4 is 23.4 Å². The molecule has 0 spiro atoms. The highest BCUT2D eigenvalue weighted by atomic mass is 32.2. The van der Waals surface area contributed by atoms with E-state index in [1.165, 1.54) is 54.2 Å². The minimum absolute atomic E-state index is 0.0640. The fourth-order valence-corrected chi connectivity index (χ4v) is 2.87. The van der Waals surface area contributed by atoms with Gasteiger partial charge in [-0.3, -0.25) is 4.79 Å². The summed E-state index contributed by atoms with van der Waals surface area (Å²) in [5.41, 5.74) is -3.01. The quantitative estimate of drug-likeness (QED) is 0.775. The standard InChI is InChI=1S/C18H15F3N2O2S/c1-26-15-9-14(8-7-13(15)11-22)23-16(24)17(25,18(19,20)21)10-12-5-3-2-4-6-12/h2-9,25H,10H2,1H3,(H,23,24). The number of alkyl halides is 3. The first-order valence-electron chi connectivity index (χ1n) is 7.44. The van der Waals surface area contributed by atoms with Gasteiger partial charge in [-0.15, -0.1) is 11.8 Å². The molecule has 0 aliphatic carbocycles. The van der Waals surface area contributed by atoms with Crippen molar-refractivity contribution in [2.75, 3.05) is 11.6 Å². The van der Waals surface area contributed by atoms with E-state index in [0.29, 0.717) is 10.5 Å². The second-order valence-corrected chi connectivity index (χ2v) is 6.35. The molecule has 26 heavy (non-hydrogen) atoms. The summed E-state index contributed by atoms with van der Waals surface area (Å²) in [4.78, 5) is 12.8. The van der Waals surface area contributed by atoms with Gasteiger partial charge in [0.25, 0.3) is 5.91 Å². The Kier molecular flexibility index (Phi) is 5.95. The van der Waals surface area contributed by atoms with Crippen molar-refractivity contribution in [1.82, 2.24) is 0 Å². The van der Waals surface area contributed by atoms with Crippen molar-refractivity contribution in [3.8, 4) is 6.07 Å². The van der Waals surface area contributed by atoms with E-state index >= 15 is 0 Å². The van der Waals surface area contributed by atoms with Gasteiger partial charge in [0.05, 0.1) is 5.56 Å². The molecule has 0 saturated heterocycles. The van der Waals surface area contributed by atoms with Crippen LogP contribution in [0.3, 0.4) is 0 Å². The van der Waals surface area contributed by atoms with E-state index in [2.05, 4.69) is 5.32 Å². The molecular formula is C18H15F3N2O2S. The molecule has 4 nitrogen and oxygen atoms in total. The average Bonchev–Trinajstić information content (AvgIpc) is 2.61. The first kappa shape index (κ1) is 19.8. The molecule has 0 aliphatic rings. The van der Waals surface area contributed by atoms with Gasteiger partial charge >= 0.3 is 6.18 Å². The number of thioether (sulfide) groups is 1. The van der Waals surface area contributed by atoms with Crippen LogP contribution in [0.25, 0.3) is 0 Å². The SMILES string of the molecule is CSc1cc(NC(=O)C(O)(Cc2ccccc2)C(F)(F)F)ccc1C#N. The van der Waals surface area contributed by atoms with Gasteiger partial charge in [-0.25, -0.2) is 0 Å². The van der Waals surface area contributed by atoms with E-state index in [0.717, 1.165) is 0 Å². The van der Waals surface area contributed by atoms with Crippen LogP contribution in [0.1, 0.15) is 11.1 Å². The van der Waals surface area contributed by atoms with E-state index < -0.39 is 24.1 Å². The van der Waals surface area contributed by atoms with Gasteiger partial charge < -0.3 is 10.4 Å². The maximum atomic E-state index is 13.4. The van der Waals surface area contributed by atoms with Crippen molar-refractivity contribution in [2.24, 2.45) is 0 Å². The molecule has 2 aromatic rings. The second kappa shape index (κ2) is 7.81. The topological polar surface area (TPSA) is 73.1 Å². The Morgan fingerprint density at radius 3 is 2.42 bits per heavy atom. The Hall–Kier alpha value is -2.50. The van der Waals surface area contributed by atoms with Gasteiger partial charge in [0.1, 0.15) is 6.07 Å². The lowest BCUT2D eigenvalue weighted by atomic mass is 9.92. The molecule has 2 aromatic carbocycles. The van der Waals surface area contributed by atoms with Crippen LogP contribution in [0.5, 0.6) is 0 Å². The van der Waals surface area contributed by atoms with Crippen LogP contribution < -0.4 is 5.32 Å². The molecular weight excluding hydrogens is 365 g/mol. The van der Waals surface area contributed by atoms with Crippen LogP contribution in [-0.4, -0.2) is 29.0 Å². The second-order valence-electron chi connectivity index (χ2n) is 5.50. The molecule has 0 aromatic heterocycles. The Morgan fingerprint density at radius 2 is 1.88 bits per heavy atom. The first-order valence-corrected chi connectivity index (χ1v) is 8.66. The highest BCUT2D eigenvalue weighted by molar-refractivity contribution is 7.98. The smallest absolute Gasteiger partial charge is 0.372 e. The number of anilines is 1. The molecule has 0 radical (unpaired) electrons. The molecule has 8 heteroatoms. The lowest BCUT2D eigenvalue weighted by molar-refractivity contribution is -0.248.